The molecule has 0 aromatic carbocycles. The van der Waals surface area contributed by atoms with Gasteiger partial charge in [0, 0.05) is 19.2 Å². The molecule has 0 saturated carbocycles. The standard InChI is InChI=1S/C12H18N2O6/c1-2-19-6-7-4-14(12(18)13-11(7)17)10-3-8(16)9(5-15)20-10/h4,8-10,15-16H,2-3,5-6H2,1H3,(H,13,17,18)/t8-,9-,10-/m1/s1. The maximum absolute atomic E-state index is 11.8. The molecule has 1 aliphatic heterocycles. The van der Waals surface area contributed by atoms with E-state index in [1.165, 1.54) is 10.8 Å². The molecule has 1 saturated heterocycles. The highest BCUT2D eigenvalue weighted by atomic mass is 16.5. The summed E-state index contributed by atoms with van der Waals surface area (Å²) in [5.41, 5.74) is -0.819. The van der Waals surface area contributed by atoms with Crippen molar-refractivity contribution in [3.63, 3.8) is 0 Å². The smallest absolute Gasteiger partial charge is 0.330 e. The minimum absolute atomic E-state index is 0.0881. The molecule has 0 bridgehead atoms. The third-order valence-electron chi connectivity index (χ3n) is 3.20. The third-order valence-corrected chi connectivity index (χ3v) is 3.20. The molecule has 8 nitrogen and oxygen atoms in total. The summed E-state index contributed by atoms with van der Waals surface area (Å²) in [5.74, 6) is 0. The van der Waals surface area contributed by atoms with E-state index in [0.29, 0.717) is 12.2 Å². The van der Waals surface area contributed by atoms with Gasteiger partial charge in [-0.1, -0.05) is 0 Å². The summed E-state index contributed by atoms with van der Waals surface area (Å²) in [7, 11) is 0. The molecule has 1 fully saturated rings. The average molecular weight is 286 g/mol. The number of nitrogens with zero attached hydrogens (tertiary/aromatic N) is 1. The predicted octanol–water partition coefficient (Wildman–Crippen LogP) is -1.29. The summed E-state index contributed by atoms with van der Waals surface area (Å²) in [5, 5.41) is 18.7. The highest BCUT2D eigenvalue weighted by Crippen LogP contribution is 2.27. The Morgan fingerprint density at radius 2 is 2.30 bits per heavy atom. The number of aliphatic hydroxyl groups excluding tert-OH is 2. The van der Waals surface area contributed by atoms with E-state index >= 15 is 0 Å². The van der Waals surface area contributed by atoms with Crippen LogP contribution in [-0.2, 0) is 16.1 Å². The summed E-state index contributed by atoms with van der Waals surface area (Å²) in [6, 6.07) is 0. The lowest BCUT2D eigenvalue weighted by Crippen LogP contribution is -2.34. The first-order valence-electron chi connectivity index (χ1n) is 6.43. The molecule has 1 aromatic rings. The number of aliphatic hydroxyl groups is 2. The van der Waals surface area contributed by atoms with E-state index in [1.807, 2.05) is 0 Å². The van der Waals surface area contributed by atoms with Crippen LogP contribution in [0.4, 0.5) is 0 Å². The van der Waals surface area contributed by atoms with Crippen molar-refractivity contribution in [1.29, 1.82) is 0 Å². The van der Waals surface area contributed by atoms with Gasteiger partial charge in [-0.3, -0.25) is 14.3 Å². The summed E-state index contributed by atoms with van der Waals surface area (Å²) in [4.78, 5) is 25.6. The molecule has 112 valence electrons. The number of hydrogen-bond donors (Lipinski definition) is 3. The van der Waals surface area contributed by atoms with E-state index in [0.717, 1.165) is 0 Å². The zero-order valence-electron chi connectivity index (χ0n) is 11.1. The molecule has 2 rings (SSSR count). The van der Waals surface area contributed by atoms with Crippen molar-refractivity contribution < 1.29 is 19.7 Å². The fourth-order valence-corrected chi connectivity index (χ4v) is 2.11. The Kier molecular flexibility index (Phi) is 4.71. The quantitative estimate of drug-likeness (QED) is 0.621. The van der Waals surface area contributed by atoms with E-state index < -0.39 is 29.7 Å². The van der Waals surface area contributed by atoms with Crippen molar-refractivity contribution in [2.45, 2.75) is 38.4 Å². The molecular weight excluding hydrogens is 268 g/mol. The lowest BCUT2D eigenvalue weighted by Gasteiger charge is -2.15. The third kappa shape index (κ3) is 2.98. The van der Waals surface area contributed by atoms with E-state index in [2.05, 4.69) is 4.98 Å². The fourth-order valence-electron chi connectivity index (χ4n) is 2.11. The van der Waals surface area contributed by atoms with Gasteiger partial charge in [-0.25, -0.2) is 4.79 Å². The number of aromatic nitrogens is 2. The molecule has 8 heteroatoms. The van der Waals surface area contributed by atoms with E-state index in [4.69, 9.17) is 14.6 Å². The Labute approximate surface area is 114 Å². The van der Waals surface area contributed by atoms with Gasteiger partial charge in [0.15, 0.2) is 0 Å². The largest absolute Gasteiger partial charge is 0.394 e. The van der Waals surface area contributed by atoms with E-state index in [1.54, 1.807) is 6.92 Å². The molecule has 0 radical (unpaired) electrons. The fraction of sp³-hybridized carbons (Fsp3) is 0.667. The number of nitrogens with one attached hydrogen (secondary N) is 1. The summed E-state index contributed by atoms with van der Waals surface area (Å²) in [6.45, 7) is 2.00. The molecule has 1 aromatic heterocycles. The van der Waals surface area contributed by atoms with Crippen LogP contribution in [0.3, 0.4) is 0 Å². The minimum Gasteiger partial charge on any atom is -0.394 e. The minimum atomic E-state index is -0.848. The Morgan fingerprint density at radius 3 is 2.90 bits per heavy atom. The molecule has 0 amide bonds. The molecule has 0 spiro atoms. The monoisotopic (exact) mass is 286 g/mol. The van der Waals surface area contributed by atoms with Gasteiger partial charge in [-0.15, -0.1) is 0 Å². The van der Waals surface area contributed by atoms with Crippen LogP contribution < -0.4 is 11.2 Å². The number of aromatic amines is 1. The van der Waals surface area contributed by atoms with Gasteiger partial charge in [-0.2, -0.15) is 0 Å². The molecule has 1 aliphatic rings. The van der Waals surface area contributed by atoms with Crippen LogP contribution in [0.25, 0.3) is 0 Å². The lowest BCUT2D eigenvalue weighted by molar-refractivity contribution is -0.0461. The van der Waals surface area contributed by atoms with Crippen molar-refractivity contribution in [2.24, 2.45) is 0 Å². The van der Waals surface area contributed by atoms with Crippen molar-refractivity contribution in [3.05, 3.63) is 32.6 Å². The summed E-state index contributed by atoms with van der Waals surface area (Å²) in [6.07, 6.45) is -0.751. The number of ether oxygens (including phenoxy) is 2. The molecule has 2 heterocycles. The first-order valence-corrected chi connectivity index (χ1v) is 6.43. The van der Waals surface area contributed by atoms with Crippen LogP contribution in [0, 0.1) is 0 Å². The Hall–Kier alpha value is -1.48. The SMILES string of the molecule is CCOCc1cn([C@H]2C[C@@H](O)[C@@H](CO)O2)c(=O)[nH]c1=O. The summed E-state index contributed by atoms with van der Waals surface area (Å²) < 4.78 is 11.7. The van der Waals surface area contributed by atoms with Crippen molar-refractivity contribution in [2.75, 3.05) is 13.2 Å². The Bertz CT molecular complexity index is 566. The van der Waals surface area contributed by atoms with Crippen LogP contribution in [0.1, 0.15) is 25.1 Å². The van der Waals surface area contributed by atoms with Crippen molar-refractivity contribution in [3.8, 4) is 0 Å². The zero-order valence-corrected chi connectivity index (χ0v) is 11.1. The average Bonchev–Trinajstić information content (AvgIpc) is 2.79. The predicted molar refractivity (Wildman–Crippen MR) is 68.3 cm³/mol. The van der Waals surface area contributed by atoms with Crippen molar-refractivity contribution in [1.82, 2.24) is 9.55 Å². The van der Waals surface area contributed by atoms with Crippen LogP contribution in [0.5, 0.6) is 0 Å². The van der Waals surface area contributed by atoms with Crippen molar-refractivity contribution >= 4 is 0 Å². The highest BCUT2D eigenvalue weighted by Gasteiger charge is 2.35. The van der Waals surface area contributed by atoms with Gasteiger partial charge in [0.25, 0.3) is 5.56 Å². The number of rotatable bonds is 5. The Balaban J connectivity index is 2.28. The summed E-state index contributed by atoms with van der Waals surface area (Å²) >= 11 is 0. The normalized spacial score (nSPS) is 26.1. The van der Waals surface area contributed by atoms with Crippen LogP contribution >= 0.6 is 0 Å². The van der Waals surface area contributed by atoms with Gasteiger partial charge < -0.3 is 19.7 Å². The molecule has 0 unspecified atom stereocenters. The second kappa shape index (κ2) is 6.31. The number of hydrogen-bond acceptors (Lipinski definition) is 6. The van der Waals surface area contributed by atoms with Crippen LogP contribution in [0.15, 0.2) is 15.8 Å². The van der Waals surface area contributed by atoms with Gasteiger partial charge in [-0.05, 0) is 6.92 Å². The van der Waals surface area contributed by atoms with Gasteiger partial charge in [0.05, 0.1) is 24.9 Å². The highest BCUT2D eigenvalue weighted by molar-refractivity contribution is 5.04. The van der Waals surface area contributed by atoms with Crippen LogP contribution in [-0.4, -0.2) is 45.2 Å². The lowest BCUT2D eigenvalue weighted by atomic mass is 10.2. The maximum Gasteiger partial charge on any atom is 0.330 e. The Morgan fingerprint density at radius 1 is 1.55 bits per heavy atom. The molecular formula is C12H18N2O6. The number of H-pyrrole nitrogens is 1. The zero-order chi connectivity index (χ0) is 14.7. The van der Waals surface area contributed by atoms with Gasteiger partial charge >= 0.3 is 5.69 Å². The van der Waals surface area contributed by atoms with E-state index in [9.17, 15) is 14.7 Å². The first-order chi connectivity index (χ1) is 9.56. The maximum atomic E-state index is 11.8. The molecule has 0 aliphatic carbocycles. The molecule has 3 N–H and O–H groups in total. The molecule has 3 atom stereocenters. The second-order valence-electron chi connectivity index (χ2n) is 4.57. The second-order valence-corrected chi connectivity index (χ2v) is 4.57. The first kappa shape index (κ1) is 14.9. The van der Waals surface area contributed by atoms with Gasteiger partial charge in [0.2, 0.25) is 0 Å². The molecule has 20 heavy (non-hydrogen) atoms. The van der Waals surface area contributed by atoms with Crippen LogP contribution in [0.2, 0.25) is 0 Å². The van der Waals surface area contributed by atoms with Gasteiger partial charge in [0.1, 0.15) is 12.3 Å². The topological polar surface area (TPSA) is 114 Å². The van der Waals surface area contributed by atoms with E-state index in [-0.39, 0.29) is 19.6 Å².